The van der Waals surface area contributed by atoms with Gasteiger partial charge in [-0.15, -0.1) is 0 Å². The van der Waals surface area contributed by atoms with E-state index >= 15 is 0 Å². The molecule has 0 fully saturated rings. The van der Waals surface area contributed by atoms with E-state index in [1.54, 1.807) is 29.7 Å². The second kappa shape index (κ2) is 6.40. The summed E-state index contributed by atoms with van der Waals surface area (Å²) in [5, 5.41) is 0. The summed E-state index contributed by atoms with van der Waals surface area (Å²) in [6.07, 6.45) is 4.60. The summed E-state index contributed by atoms with van der Waals surface area (Å²) in [6.45, 7) is 0.213. The van der Waals surface area contributed by atoms with E-state index in [4.69, 9.17) is 18.9 Å². The summed E-state index contributed by atoms with van der Waals surface area (Å²) < 4.78 is 36.1. The highest BCUT2D eigenvalue weighted by atomic mass is 32.2. The van der Waals surface area contributed by atoms with E-state index in [9.17, 15) is 4.21 Å². The highest BCUT2D eigenvalue weighted by Gasteiger charge is 2.31. The Hall–Kier alpha value is -2.55. The number of fused-ring (bicyclic) bond motifs is 2. The molecule has 1 aliphatic carbocycles. The number of hydrogen-bond acceptors (Lipinski definition) is 7. The summed E-state index contributed by atoms with van der Waals surface area (Å²) in [7, 11) is 1.71. The second-order valence-corrected chi connectivity index (χ2v) is 6.81. The van der Waals surface area contributed by atoms with Crippen LogP contribution in [0.1, 0.15) is 23.5 Å². The minimum atomic E-state index is -1.39. The molecule has 2 aromatic heterocycles. The van der Waals surface area contributed by atoms with Crippen LogP contribution in [0.15, 0.2) is 24.3 Å². The van der Waals surface area contributed by atoms with E-state index in [2.05, 4.69) is 9.97 Å². The molecule has 0 saturated carbocycles. The number of ether oxygens (including phenoxy) is 4. The van der Waals surface area contributed by atoms with E-state index in [0.717, 1.165) is 11.5 Å². The van der Waals surface area contributed by atoms with Gasteiger partial charge < -0.3 is 18.9 Å². The lowest BCUT2D eigenvalue weighted by molar-refractivity contribution is 0.0851. The first-order valence-corrected chi connectivity index (χ1v) is 9.00. The normalized spacial score (nSPS) is 16.6. The minimum absolute atomic E-state index is 0.187. The molecule has 132 valence electrons. The van der Waals surface area contributed by atoms with Crippen LogP contribution in [0.25, 0.3) is 5.76 Å². The SMILES string of the molecule is COc1ccnc(CS(=O)n2cnc3c2CCC2=C3OCO2)c1OC. The van der Waals surface area contributed by atoms with Crippen LogP contribution >= 0.6 is 0 Å². The Bertz CT molecular complexity index is 877. The van der Waals surface area contributed by atoms with E-state index < -0.39 is 11.0 Å². The topological polar surface area (TPSA) is 84.7 Å². The van der Waals surface area contributed by atoms with Crippen molar-refractivity contribution >= 4 is 16.7 Å². The summed E-state index contributed by atoms with van der Waals surface area (Å²) in [5.41, 5.74) is 2.15. The van der Waals surface area contributed by atoms with Gasteiger partial charge >= 0.3 is 0 Å². The van der Waals surface area contributed by atoms with Crippen LogP contribution < -0.4 is 9.47 Å². The highest BCUT2D eigenvalue weighted by molar-refractivity contribution is 7.82. The molecule has 2 aromatic rings. The Balaban J connectivity index is 1.64. The Kier molecular flexibility index (Phi) is 4.08. The Morgan fingerprint density at radius 1 is 1.24 bits per heavy atom. The van der Waals surface area contributed by atoms with E-state index in [1.807, 2.05) is 0 Å². The van der Waals surface area contributed by atoms with Gasteiger partial charge in [0.1, 0.15) is 34.5 Å². The molecular weight excluding hydrogens is 346 g/mol. The standard InChI is InChI=1S/C16H17N3O5S/c1-21-12-5-6-17-10(15(12)22-2)7-25(20)19-8-18-14-11(19)3-4-13-16(14)24-9-23-13/h5-6,8H,3-4,7,9H2,1-2H3. The average molecular weight is 363 g/mol. The average Bonchev–Trinajstić information content (AvgIpc) is 3.27. The van der Waals surface area contributed by atoms with Crippen molar-refractivity contribution in [2.24, 2.45) is 0 Å². The number of hydrogen-bond donors (Lipinski definition) is 0. The predicted molar refractivity (Wildman–Crippen MR) is 89.1 cm³/mol. The monoisotopic (exact) mass is 363 g/mol. The maximum absolute atomic E-state index is 12.9. The van der Waals surface area contributed by atoms with E-state index in [1.165, 1.54) is 7.11 Å². The number of aromatic nitrogens is 3. The maximum Gasteiger partial charge on any atom is 0.230 e. The molecule has 0 saturated heterocycles. The lowest BCUT2D eigenvalue weighted by Crippen LogP contribution is -2.14. The van der Waals surface area contributed by atoms with E-state index in [-0.39, 0.29) is 12.5 Å². The smallest absolute Gasteiger partial charge is 0.230 e. The van der Waals surface area contributed by atoms with Gasteiger partial charge in [-0.3, -0.25) is 8.96 Å². The van der Waals surface area contributed by atoms with Crippen molar-refractivity contribution in [3.63, 3.8) is 0 Å². The molecule has 4 rings (SSSR count). The zero-order valence-corrected chi connectivity index (χ0v) is 14.7. The van der Waals surface area contributed by atoms with Crippen molar-refractivity contribution in [2.45, 2.75) is 18.6 Å². The summed E-state index contributed by atoms with van der Waals surface area (Å²) in [4.78, 5) is 8.66. The third-order valence-electron chi connectivity index (χ3n) is 4.17. The summed E-state index contributed by atoms with van der Waals surface area (Å²) in [6, 6.07) is 1.70. The number of imidazole rings is 1. The van der Waals surface area contributed by atoms with Crippen molar-refractivity contribution in [1.82, 2.24) is 13.9 Å². The predicted octanol–water partition coefficient (Wildman–Crippen LogP) is 1.63. The second-order valence-electron chi connectivity index (χ2n) is 5.48. The molecule has 0 aromatic carbocycles. The number of pyridine rings is 1. The first-order valence-electron chi connectivity index (χ1n) is 7.73. The van der Waals surface area contributed by atoms with Crippen LogP contribution in [-0.4, -0.2) is 39.2 Å². The molecule has 3 heterocycles. The number of methoxy groups -OCH3 is 2. The Labute approximate surface area is 147 Å². The van der Waals surface area contributed by atoms with Crippen LogP contribution in [-0.2, 0) is 32.6 Å². The van der Waals surface area contributed by atoms with Crippen LogP contribution in [0.5, 0.6) is 11.5 Å². The highest BCUT2D eigenvalue weighted by Crippen LogP contribution is 2.36. The number of rotatable bonds is 5. The maximum atomic E-state index is 12.9. The molecule has 0 N–H and O–H groups in total. The zero-order valence-electron chi connectivity index (χ0n) is 13.9. The molecule has 1 unspecified atom stereocenters. The van der Waals surface area contributed by atoms with Crippen molar-refractivity contribution in [2.75, 3.05) is 21.0 Å². The molecule has 9 heteroatoms. The van der Waals surface area contributed by atoms with Crippen LogP contribution in [0.3, 0.4) is 0 Å². The van der Waals surface area contributed by atoms with Crippen LogP contribution in [0.2, 0.25) is 0 Å². The number of allylic oxidation sites excluding steroid dienone is 1. The van der Waals surface area contributed by atoms with Gasteiger partial charge in [0.05, 0.1) is 25.7 Å². The largest absolute Gasteiger partial charge is 0.493 e. The molecule has 1 atom stereocenters. The fraction of sp³-hybridized carbons (Fsp3) is 0.375. The van der Waals surface area contributed by atoms with E-state index in [0.29, 0.717) is 41.5 Å². The molecule has 0 radical (unpaired) electrons. The van der Waals surface area contributed by atoms with Crippen molar-refractivity contribution in [3.05, 3.63) is 41.4 Å². The van der Waals surface area contributed by atoms with Gasteiger partial charge in [-0.2, -0.15) is 0 Å². The molecular formula is C16H17N3O5S. The molecule has 8 nitrogen and oxygen atoms in total. The Morgan fingerprint density at radius 2 is 2.12 bits per heavy atom. The third-order valence-corrected chi connectivity index (χ3v) is 5.44. The van der Waals surface area contributed by atoms with Crippen LogP contribution in [0.4, 0.5) is 0 Å². The molecule has 0 amide bonds. The van der Waals surface area contributed by atoms with Crippen LogP contribution in [0, 0.1) is 0 Å². The molecule has 25 heavy (non-hydrogen) atoms. The molecule has 2 aliphatic rings. The van der Waals surface area contributed by atoms with Crippen molar-refractivity contribution in [3.8, 4) is 11.5 Å². The molecule has 0 bridgehead atoms. The first kappa shape index (κ1) is 15.9. The fourth-order valence-corrected chi connectivity index (χ4v) is 4.17. The molecule has 1 aliphatic heterocycles. The quantitative estimate of drug-likeness (QED) is 0.798. The lowest BCUT2D eigenvalue weighted by Gasteiger charge is -2.15. The van der Waals surface area contributed by atoms with Gasteiger partial charge in [-0.05, 0) is 6.42 Å². The minimum Gasteiger partial charge on any atom is -0.493 e. The first-order chi connectivity index (χ1) is 12.2. The van der Waals surface area contributed by atoms with Gasteiger partial charge in [-0.1, -0.05) is 0 Å². The Morgan fingerprint density at radius 3 is 2.92 bits per heavy atom. The number of nitrogens with zero attached hydrogens (tertiary/aromatic N) is 3. The van der Waals surface area contributed by atoms with Crippen molar-refractivity contribution in [1.29, 1.82) is 0 Å². The van der Waals surface area contributed by atoms with Gasteiger partial charge in [-0.25, -0.2) is 9.19 Å². The van der Waals surface area contributed by atoms with Crippen molar-refractivity contribution < 1.29 is 23.2 Å². The van der Waals surface area contributed by atoms with Gasteiger partial charge in [0, 0.05) is 18.7 Å². The van der Waals surface area contributed by atoms with Gasteiger partial charge in [0.25, 0.3) is 0 Å². The van der Waals surface area contributed by atoms with Gasteiger partial charge in [0.2, 0.25) is 6.79 Å². The lowest BCUT2D eigenvalue weighted by atomic mass is 10.1. The summed E-state index contributed by atoms with van der Waals surface area (Å²) >= 11 is 0. The third kappa shape index (κ3) is 2.64. The summed E-state index contributed by atoms with van der Waals surface area (Å²) in [5.74, 6) is 2.72. The van der Waals surface area contributed by atoms with Gasteiger partial charge in [0.15, 0.2) is 17.3 Å². The zero-order chi connectivity index (χ0) is 17.4. The fourth-order valence-electron chi connectivity index (χ4n) is 3.02. The molecule has 0 spiro atoms.